The van der Waals surface area contributed by atoms with E-state index < -0.39 is 6.10 Å². The fourth-order valence-corrected chi connectivity index (χ4v) is 4.81. The van der Waals surface area contributed by atoms with E-state index in [1.54, 1.807) is 0 Å². The Balaban J connectivity index is 1.71. The Morgan fingerprint density at radius 3 is 2.89 bits per heavy atom. The smallest absolute Gasteiger partial charge is 0.308 e. The van der Waals surface area contributed by atoms with Crippen molar-refractivity contribution in [3.8, 4) is 5.75 Å². The molecule has 0 bridgehead atoms. The van der Waals surface area contributed by atoms with Gasteiger partial charge in [-0.1, -0.05) is 50.5 Å². The molecule has 0 aliphatic heterocycles. The van der Waals surface area contributed by atoms with Gasteiger partial charge in [-0.15, -0.1) is 0 Å². The van der Waals surface area contributed by atoms with Gasteiger partial charge in [0.2, 0.25) is 0 Å². The molecule has 0 spiro atoms. The summed E-state index contributed by atoms with van der Waals surface area (Å²) in [5, 5.41) is 20.8. The molecular weight excluding hydrogens is 340 g/mol. The Morgan fingerprint density at radius 2 is 2.15 bits per heavy atom. The van der Waals surface area contributed by atoms with Crippen molar-refractivity contribution in [3.63, 3.8) is 0 Å². The predicted octanol–water partition coefficient (Wildman–Crippen LogP) is 3.82. The van der Waals surface area contributed by atoms with Crippen LogP contribution in [0, 0.1) is 17.8 Å². The highest BCUT2D eigenvalue weighted by atomic mass is 16.5. The normalized spacial score (nSPS) is 28.0. The summed E-state index contributed by atoms with van der Waals surface area (Å²) in [6.45, 7) is 3.59. The highest BCUT2D eigenvalue weighted by Gasteiger charge is 2.44. The van der Waals surface area contributed by atoms with Crippen molar-refractivity contribution in [2.24, 2.45) is 17.8 Å². The summed E-state index contributed by atoms with van der Waals surface area (Å²) in [7, 11) is 0. The van der Waals surface area contributed by atoms with Crippen molar-refractivity contribution in [1.82, 2.24) is 0 Å². The van der Waals surface area contributed by atoms with Gasteiger partial charge in [0.05, 0.1) is 12.2 Å². The maximum Gasteiger partial charge on any atom is 0.308 e. The first-order valence-electron chi connectivity index (χ1n) is 10.3. The molecule has 0 amide bonds. The minimum atomic E-state index is -0.422. The van der Waals surface area contributed by atoms with Crippen LogP contribution in [0.15, 0.2) is 30.4 Å². The zero-order valence-electron chi connectivity index (χ0n) is 16.4. The van der Waals surface area contributed by atoms with E-state index in [1.807, 2.05) is 24.3 Å². The lowest BCUT2D eigenvalue weighted by Gasteiger charge is -2.31. The number of fused-ring (bicyclic) bond motifs is 2. The molecule has 2 aliphatic rings. The maximum absolute atomic E-state index is 11.4. The average Bonchev–Trinajstić information content (AvgIpc) is 2.92. The lowest BCUT2D eigenvalue weighted by molar-refractivity contribution is -0.131. The number of rotatable bonds is 7. The van der Waals surface area contributed by atoms with E-state index in [4.69, 9.17) is 4.74 Å². The van der Waals surface area contributed by atoms with Crippen LogP contribution in [-0.4, -0.2) is 28.4 Å². The van der Waals surface area contributed by atoms with E-state index in [-0.39, 0.29) is 18.0 Å². The Morgan fingerprint density at radius 1 is 1.33 bits per heavy atom. The molecular formula is C23H32O4. The molecule has 0 aromatic heterocycles. The molecule has 1 aromatic carbocycles. The van der Waals surface area contributed by atoms with Crippen LogP contribution in [0.4, 0.5) is 0 Å². The molecule has 148 valence electrons. The van der Waals surface area contributed by atoms with Crippen LogP contribution < -0.4 is 4.74 Å². The number of ether oxygens (including phenoxy) is 1. The van der Waals surface area contributed by atoms with Crippen molar-refractivity contribution >= 4 is 5.97 Å². The van der Waals surface area contributed by atoms with Crippen LogP contribution in [0.25, 0.3) is 0 Å². The van der Waals surface area contributed by atoms with Gasteiger partial charge in [0.25, 0.3) is 0 Å². The summed E-state index contributed by atoms with van der Waals surface area (Å²) >= 11 is 0. The summed E-state index contributed by atoms with van der Waals surface area (Å²) < 4.78 is 5.39. The van der Waals surface area contributed by atoms with Gasteiger partial charge in [-0.05, 0) is 54.7 Å². The molecule has 5 atom stereocenters. The standard InChI is InChI=1S/C23H32O4/c1-3-4-5-8-18(25)10-11-19-20-12-16-7-6-9-23(27-15(2)24)21(16)13-17(20)14-22(19)26/h6-7,9-11,17-20,22,25-26H,3-5,8,12-14H2,1-2H3/b11-10+/t17-,18+,19-,20+,22-/m1/s1. The number of aliphatic hydroxyl groups excluding tert-OH is 2. The number of benzene rings is 1. The molecule has 1 aromatic rings. The van der Waals surface area contributed by atoms with Crippen LogP contribution in [-0.2, 0) is 17.6 Å². The predicted molar refractivity (Wildman–Crippen MR) is 106 cm³/mol. The van der Waals surface area contributed by atoms with Crippen molar-refractivity contribution in [1.29, 1.82) is 0 Å². The average molecular weight is 373 g/mol. The van der Waals surface area contributed by atoms with Crippen LogP contribution in [0.1, 0.15) is 57.1 Å². The maximum atomic E-state index is 11.4. The quantitative estimate of drug-likeness (QED) is 0.330. The Bertz CT molecular complexity index is 681. The fourth-order valence-electron chi connectivity index (χ4n) is 4.81. The number of esters is 1. The summed E-state index contributed by atoms with van der Waals surface area (Å²) in [6.07, 6.45) is 9.74. The molecule has 27 heavy (non-hydrogen) atoms. The molecule has 1 saturated carbocycles. The fraction of sp³-hybridized carbons (Fsp3) is 0.609. The monoisotopic (exact) mass is 372 g/mol. The summed E-state index contributed by atoms with van der Waals surface area (Å²) in [5.74, 6) is 1.21. The molecule has 2 aliphatic carbocycles. The van der Waals surface area contributed by atoms with E-state index in [0.29, 0.717) is 17.6 Å². The van der Waals surface area contributed by atoms with Crippen LogP contribution in [0.5, 0.6) is 5.75 Å². The highest BCUT2D eigenvalue weighted by Crippen LogP contribution is 2.47. The Hall–Kier alpha value is -1.65. The second-order valence-corrected chi connectivity index (χ2v) is 8.15. The van der Waals surface area contributed by atoms with E-state index in [1.165, 1.54) is 12.5 Å². The van der Waals surface area contributed by atoms with Crippen molar-refractivity contribution in [2.45, 2.75) is 71.0 Å². The third kappa shape index (κ3) is 4.80. The summed E-state index contributed by atoms with van der Waals surface area (Å²) in [4.78, 5) is 11.4. The van der Waals surface area contributed by atoms with Gasteiger partial charge in [0.1, 0.15) is 5.75 Å². The molecule has 0 heterocycles. The highest BCUT2D eigenvalue weighted by molar-refractivity contribution is 5.70. The van der Waals surface area contributed by atoms with Gasteiger partial charge in [0, 0.05) is 12.8 Å². The topological polar surface area (TPSA) is 66.8 Å². The van der Waals surface area contributed by atoms with E-state index in [2.05, 4.69) is 13.0 Å². The third-order valence-electron chi connectivity index (χ3n) is 6.15. The zero-order chi connectivity index (χ0) is 19.4. The first-order valence-corrected chi connectivity index (χ1v) is 10.3. The molecule has 0 saturated heterocycles. The van der Waals surface area contributed by atoms with E-state index in [9.17, 15) is 15.0 Å². The van der Waals surface area contributed by atoms with Crippen molar-refractivity contribution in [2.75, 3.05) is 0 Å². The lowest BCUT2D eigenvalue weighted by Crippen LogP contribution is -2.26. The second-order valence-electron chi connectivity index (χ2n) is 8.15. The zero-order valence-corrected chi connectivity index (χ0v) is 16.4. The van der Waals surface area contributed by atoms with E-state index >= 15 is 0 Å². The number of aliphatic hydroxyl groups is 2. The van der Waals surface area contributed by atoms with Gasteiger partial charge in [-0.3, -0.25) is 4.79 Å². The molecule has 2 N–H and O–H groups in total. The largest absolute Gasteiger partial charge is 0.426 e. The Kier molecular flexibility index (Phi) is 6.72. The lowest BCUT2D eigenvalue weighted by atomic mass is 9.74. The number of unbranched alkanes of at least 4 members (excludes halogenated alkanes) is 2. The SMILES string of the molecule is CCCCC[C@H](O)/C=C/[C@@H]1[C@H]2Cc3cccc(OC(C)=O)c3C[C@@H]2C[C@H]1O. The minimum absolute atomic E-state index is 0.0846. The summed E-state index contributed by atoms with van der Waals surface area (Å²) in [6, 6.07) is 5.89. The summed E-state index contributed by atoms with van der Waals surface area (Å²) in [5.41, 5.74) is 2.33. The molecule has 3 rings (SSSR count). The van der Waals surface area contributed by atoms with Crippen molar-refractivity contribution in [3.05, 3.63) is 41.5 Å². The first kappa shape index (κ1) is 20.1. The molecule has 1 fully saturated rings. The molecule has 0 radical (unpaired) electrons. The number of hydrogen-bond donors (Lipinski definition) is 2. The van der Waals surface area contributed by atoms with Crippen molar-refractivity contribution < 1.29 is 19.7 Å². The first-order chi connectivity index (χ1) is 13.0. The second kappa shape index (κ2) is 9.03. The third-order valence-corrected chi connectivity index (χ3v) is 6.15. The molecule has 4 nitrogen and oxygen atoms in total. The van der Waals surface area contributed by atoms with Gasteiger partial charge in [0.15, 0.2) is 0 Å². The number of hydrogen-bond acceptors (Lipinski definition) is 4. The van der Waals surface area contributed by atoms with Gasteiger partial charge in [-0.2, -0.15) is 0 Å². The van der Waals surface area contributed by atoms with E-state index in [0.717, 1.165) is 50.5 Å². The van der Waals surface area contributed by atoms with Gasteiger partial charge >= 0.3 is 5.97 Å². The Labute approximate surface area is 162 Å². The molecule has 4 heteroatoms. The van der Waals surface area contributed by atoms with Crippen LogP contribution >= 0.6 is 0 Å². The van der Waals surface area contributed by atoms with Gasteiger partial charge < -0.3 is 14.9 Å². The van der Waals surface area contributed by atoms with Crippen LogP contribution in [0.3, 0.4) is 0 Å². The van der Waals surface area contributed by atoms with Crippen LogP contribution in [0.2, 0.25) is 0 Å². The minimum Gasteiger partial charge on any atom is -0.426 e. The molecule has 0 unspecified atom stereocenters. The number of carbonyl (C=O) groups is 1. The number of carbonyl (C=O) groups excluding carboxylic acids is 1. The van der Waals surface area contributed by atoms with Gasteiger partial charge in [-0.25, -0.2) is 0 Å².